The average molecular weight is 118 g/mol. The summed E-state index contributed by atoms with van der Waals surface area (Å²) in [5.74, 6) is -1.22. The van der Waals surface area contributed by atoms with Crippen molar-refractivity contribution < 1.29 is 14.9 Å². The molecule has 0 spiro atoms. The van der Waals surface area contributed by atoms with E-state index in [4.69, 9.17) is 10.2 Å². The minimum absolute atomic E-state index is 0.546. The molecule has 1 fully saturated rings. The van der Waals surface area contributed by atoms with Crippen LogP contribution >= 0.6 is 0 Å². The van der Waals surface area contributed by atoms with Crippen LogP contribution in [-0.4, -0.2) is 28.7 Å². The predicted molar refractivity (Wildman–Crippen MR) is 27.2 cm³/mol. The van der Waals surface area contributed by atoms with Crippen LogP contribution in [0.25, 0.3) is 0 Å². The number of aliphatic hydroxyl groups is 2. The summed E-state index contributed by atoms with van der Waals surface area (Å²) in [6.07, 6.45) is -0.221. The number of hydrogen-bond acceptors (Lipinski definition) is 3. The van der Waals surface area contributed by atoms with Crippen LogP contribution in [-0.2, 0) is 4.74 Å². The minimum atomic E-state index is -1.22. The molecule has 1 heterocycles. The smallest absolute Gasteiger partial charge is 0.193 e. The molecule has 0 amide bonds. The Morgan fingerprint density at radius 2 is 2.25 bits per heavy atom. The first kappa shape index (κ1) is 6.01. The second-order valence-corrected chi connectivity index (χ2v) is 2.12. The first-order valence-corrected chi connectivity index (χ1v) is 2.69. The summed E-state index contributed by atoms with van der Waals surface area (Å²) in [5.41, 5.74) is 0. The molecule has 1 rings (SSSR count). The fourth-order valence-electron chi connectivity index (χ4n) is 0.641. The van der Waals surface area contributed by atoms with Crippen LogP contribution in [0, 0.1) is 0 Å². The molecule has 3 nitrogen and oxygen atoms in total. The van der Waals surface area contributed by atoms with E-state index in [1.54, 1.807) is 0 Å². The van der Waals surface area contributed by atoms with E-state index in [9.17, 15) is 0 Å². The number of rotatable bonds is 1. The van der Waals surface area contributed by atoms with Gasteiger partial charge >= 0.3 is 0 Å². The van der Waals surface area contributed by atoms with Crippen LogP contribution in [0.3, 0.4) is 0 Å². The van der Waals surface area contributed by atoms with Crippen molar-refractivity contribution in [2.45, 2.75) is 25.2 Å². The lowest BCUT2D eigenvalue weighted by Crippen LogP contribution is -2.51. The summed E-state index contributed by atoms with van der Waals surface area (Å²) < 4.78 is 4.69. The van der Waals surface area contributed by atoms with E-state index in [-0.39, 0.29) is 0 Å². The van der Waals surface area contributed by atoms with Crippen molar-refractivity contribution in [3.63, 3.8) is 0 Å². The second kappa shape index (κ2) is 1.69. The van der Waals surface area contributed by atoms with Crippen LogP contribution in [0.2, 0.25) is 0 Å². The van der Waals surface area contributed by atoms with E-state index in [2.05, 4.69) is 4.74 Å². The highest BCUT2D eigenvalue weighted by molar-refractivity contribution is 4.80. The topological polar surface area (TPSA) is 49.7 Å². The van der Waals surface area contributed by atoms with Crippen molar-refractivity contribution >= 4 is 0 Å². The molecule has 1 saturated heterocycles. The zero-order valence-electron chi connectivity index (χ0n) is 4.79. The maximum Gasteiger partial charge on any atom is 0.193 e. The van der Waals surface area contributed by atoms with E-state index in [1.807, 2.05) is 0 Å². The Kier molecular flexibility index (Phi) is 1.27. The molecule has 0 saturated carbocycles. The van der Waals surface area contributed by atoms with E-state index >= 15 is 0 Å². The van der Waals surface area contributed by atoms with Crippen LogP contribution in [0.1, 0.15) is 13.3 Å². The van der Waals surface area contributed by atoms with Gasteiger partial charge in [-0.25, -0.2) is 0 Å². The molecule has 48 valence electrons. The molecule has 0 bridgehead atoms. The van der Waals surface area contributed by atoms with Gasteiger partial charge in [-0.3, -0.25) is 0 Å². The van der Waals surface area contributed by atoms with Gasteiger partial charge in [0.05, 0.1) is 6.61 Å². The van der Waals surface area contributed by atoms with Gasteiger partial charge in [0, 0.05) is 6.42 Å². The first-order valence-electron chi connectivity index (χ1n) is 2.69. The van der Waals surface area contributed by atoms with Crippen molar-refractivity contribution in [2.24, 2.45) is 0 Å². The zero-order valence-corrected chi connectivity index (χ0v) is 4.79. The summed E-state index contributed by atoms with van der Waals surface area (Å²) in [6, 6.07) is 0. The van der Waals surface area contributed by atoms with Gasteiger partial charge < -0.3 is 14.9 Å². The van der Waals surface area contributed by atoms with Crippen molar-refractivity contribution in [1.82, 2.24) is 0 Å². The molecule has 0 aliphatic carbocycles. The molecular formula is C5H10O3. The Labute approximate surface area is 47.9 Å². The van der Waals surface area contributed by atoms with Gasteiger partial charge in [0.2, 0.25) is 0 Å². The average Bonchev–Trinajstić information content (AvgIpc) is 1.60. The standard InChI is InChI=1S/C5H10O3/c1-4(6)5(7)2-3-8-5/h4,6-7H,2-3H2,1H3. The van der Waals surface area contributed by atoms with E-state index in [0.29, 0.717) is 13.0 Å². The molecular weight excluding hydrogens is 108 g/mol. The lowest BCUT2D eigenvalue weighted by atomic mass is 10.0. The SMILES string of the molecule is CC(O)C1(O)CCO1. The first-order chi connectivity index (χ1) is 3.65. The summed E-state index contributed by atoms with van der Waals surface area (Å²) in [6.45, 7) is 2.07. The molecule has 0 aromatic carbocycles. The lowest BCUT2D eigenvalue weighted by molar-refractivity contribution is -0.320. The Bertz CT molecular complexity index is 85.7. The molecule has 1 aliphatic rings. The zero-order chi connectivity index (χ0) is 6.20. The Morgan fingerprint density at radius 1 is 1.75 bits per heavy atom. The highest BCUT2D eigenvalue weighted by Gasteiger charge is 2.40. The quantitative estimate of drug-likeness (QED) is 0.487. The van der Waals surface area contributed by atoms with Gasteiger partial charge in [0.15, 0.2) is 5.79 Å². The monoisotopic (exact) mass is 118 g/mol. The highest BCUT2D eigenvalue weighted by atomic mass is 16.7. The van der Waals surface area contributed by atoms with Crippen molar-refractivity contribution in [1.29, 1.82) is 0 Å². The van der Waals surface area contributed by atoms with E-state index in [0.717, 1.165) is 0 Å². The van der Waals surface area contributed by atoms with Gasteiger partial charge in [0.1, 0.15) is 6.10 Å². The van der Waals surface area contributed by atoms with Crippen LogP contribution in [0.5, 0.6) is 0 Å². The van der Waals surface area contributed by atoms with Gasteiger partial charge in [-0.05, 0) is 6.92 Å². The fourth-order valence-corrected chi connectivity index (χ4v) is 0.641. The molecule has 3 heteroatoms. The lowest BCUT2D eigenvalue weighted by Gasteiger charge is -2.38. The molecule has 8 heavy (non-hydrogen) atoms. The third kappa shape index (κ3) is 0.727. The number of aliphatic hydroxyl groups excluding tert-OH is 1. The van der Waals surface area contributed by atoms with Crippen molar-refractivity contribution in [3.8, 4) is 0 Å². The maximum absolute atomic E-state index is 9.02. The third-order valence-electron chi connectivity index (χ3n) is 1.47. The fraction of sp³-hybridized carbons (Fsp3) is 1.00. The molecule has 2 unspecified atom stereocenters. The highest BCUT2D eigenvalue weighted by Crippen LogP contribution is 2.26. The Hall–Kier alpha value is -0.120. The Morgan fingerprint density at radius 3 is 2.25 bits per heavy atom. The third-order valence-corrected chi connectivity index (χ3v) is 1.47. The normalized spacial score (nSPS) is 40.9. The number of ether oxygens (including phenoxy) is 1. The van der Waals surface area contributed by atoms with Gasteiger partial charge in [0.25, 0.3) is 0 Å². The molecule has 0 aromatic heterocycles. The van der Waals surface area contributed by atoms with E-state index in [1.165, 1.54) is 6.92 Å². The van der Waals surface area contributed by atoms with Crippen molar-refractivity contribution in [3.05, 3.63) is 0 Å². The largest absolute Gasteiger partial charge is 0.388 e. The predicted octanol–water partition coefficient (Wildman–Crippen LogP) is -0.524. The van der Waals surface area contributed by atoms with Crippen LogP contribution < -0.4 is 0 Å². The number of hydrogen-bond donors (Lipinski definition) is 2. The molecule has 2 N–H and O–H groups in total. The summed E-state index contributed by atoms with van der Waals surface area (Å²) >= 11 is 0. The molecule has 0 aromatic rings. The maximum atomic E-state index is 9.02. The summed E-state index contributed by atoms with van der Waals surface area (Å²) in [5, 5.41) is 17.8. The van der Waals surface area contributed by atoms with Crippen molar-refractivity contribution in [2.75, 3.05) is 6.61 Å². The summed E-state index contributed by atoms with van der Waals surface area (Å²) in [4.78, 5) is 0. The van der Waals surface area contributed by atoms with E-state index < -0.39 is 11.9 Å². The van der Waals surface area contributed by atoms with Gasteiger partial charge in [-0.2, -0.15) is 0 Å². The minimum Gasteiger partial charge on any atom is -0.388 e. The van der Waals surface area contributed by atoms with Gasteiger partial charge in [-0.1, -0.05) is 0 Å². The molecule has 1 aliphatic heterocycles. The molecule has 2 atom stereocenters. The Balaban J connectivity index is 2.41. The van der Waals surface area contributed by atoms with Crippen LogP contribution in [0.15, 0.2) is 0 Å². The second-order valence-electron chi connectivity index (χ2n) is 2.12. The van der Waals surface area contributed by atoms with Gasteiger partial charge in [-0.15, -0.1) is 0 Å². The molecule has 0 radical (unpaired) electrons. The van der Waals surface area contributed by atoms with Crippen LogP contribution in [0.4, 0.5) is 0 Å². The summed E-state index contributed by atoms with van der Waals surface area (Å²) in [7, 11) is 0.